The summed E-state index contributed by atoms with van der Waals surface area (Å²) < 4.78 is 0. The van der Waals surface area contributed by atoms with Gasteiger partial charge >= 0.3 is 0 Å². The van der Waals surface area contributed by atoms with E-state index in [4.69, 9.17) is 4.98 Å². The molecule has 0 bridgehead atoms. The molecule has 0 atom stereocenters. The lowest BCUT2D eigenvalue weighted by Crippen LogP contribution is -1.93. The summed E-state index contributed by atoms with van der Waals surface area (Å²) in [6, 6.07) is 76.9. The normalized spacial score (nSPS) is 11.7. The molecule has 2 aromatic heterocycles. The first kappa shape index (κ1) is 34.1. The van der Waals surface area contributed by atoms with Gasteiger partial charge in [-0.25, -0.2) is 4.98 Å². The molecule has 1 aliphatic carbocycles. The number of rotatable bonds is 6. The SMILES string of the molecule is c1ccc(-c2c3c(c(-c4ccccc4)c4ccccc24)-c2ccc(-c4ccc5cc(-c6cccc(-c7cccc(-c8ccccn8)n7)c6)ccc5c4)c4cccc-3c24)cc1. The number of benzene rings is 9. The Balaban J connectivity index is 0.972. The summed E-state index contributed by atoms with van der Waals surface area (Å²) in [7, 11) is 0. The predicted molar refractivity (Wildman–Crippen MR) is 252 cm³/mol. The maximum atomic E-state index is 4.97. The van der Waals surface area contributed by atoms with Crippen molar-refractivity contribution in [3.63, 3.8) is 0 Å². The van der Waals surface area contributed by atoms with Crippen LogP contribution in [0.3, 0.4) is 0 Å². The quantitative estimate of drug-likeness (QED) is 0.169. The van der Waals surface area contributed by atoms with Crippen LogP contribution in [-0.2, 0) is 0 Å². The fourth-order valence-electron chi connectivity index (χ4n) is 9.56. The minimum atomic E-state index is 0.868. The van der Waals surface area contributed by atoms with Crippen LogP contribution in [-0.4, -0.2) is 9.97 Å². The van der Waals surface area contributed by atoms with Gasteiger partial charge < -0.3 is 0 Å². The first-order valence-corrected chi connectivity index (χ1v) is 20.6. The summed E-state index contributed by atoms with van der Waals surface area (Å²) in [6.45, 7) is 0. The van der Waals surface area contributed by atoms with Gasteiger partial charge in [0, 0.05) is 11.8 Å². The number of hydrogen-bond donors (Lipinski definition) is 0. The van der Waals surface area contributed by atoms with Gasteiger partial charge in [-0.05, 0) is 142 Å². The lowest BCUT2D eigenvalue weighted by Gasteiger charge is -2.20. The van der Waals surface area contributed by atoms with Crippen LogP contribution < -0.4 is 0 Å². The lowest BCUT2D eigenvalue weighted by molar-refractivity contribution is 1.25. The Morgan fingerprint density at radius 2 is 0.783 bits per heavy atom. The average molecular weight is 761 g/mol. The van der Waals surface area contributed by atoms with Gasteiger partial charge in [0.15, 0.2) is 0 Å². The third kappa shape index (κ3) is 5.50. The van der Waals surface area contributed by atoms with Gasteiger partial charge in [0.05, 0.1) is 17.1 Å². The molecule has 60 heavy (non-hydrogen) atoms. The second kappa shape index (κ2) is 13.9. The van der Waals surface area contributed by atoms with E-state index in [9.17, 15) is 0 Å². The lowest BCUT2D eigenvalue weighted by atomic mass is 9.82. The summed E-state index contributed by atoms with van der Waals surface area (Å²) in [5.74, 6) is 0. The largest absolute Gasteiger partial charge is 0.255 e. The second-order valence-electron chi connectivity index (χ2n) is 15.6. The molecule has 11 aromatic rings. The molecule has 0 aliphatic heterocycles. The highest BCUT2D eigenvalue weighted by atomic mass is 14.8. The standard InChI is InChI=1S/C58H36N2/c1-3-14-37(15-4-1)54-47-20-7-8-21-48(47)55(38-16-5-2-6-17-38)58-50-32-31-45(46-22-12-23-49(56(46)50)57(54)58)43-30-29-41-34-40(27-28-42(41)35-43)39-18-11-19-44(36-39)51-25-13-26-53(60-51)52-24-9-10-33-59-52/h1-36H. The molecule has 0 saturated heterocycles. The minimum absolute atomic E-state index is 0.868. The van der Waals surface area contributed by atoms with E-state index in [1.165, 1.54) is 93.5 Å². The number of fused-ring (bicyclic) bond motifs is 5. The van der Waals surface area contributed by atoms with Crippen molar-refractivity contribution in [1.82, 2.24) is 9.97 Å². The molecule has 0 radical (unpaired) electrons. The van der Waals surface area contributed by atoms with Crippen LogP contribution >= 0.6 is 0 Å². The zero-order valence-electron chi connectivity index (χ0n) is 32.7. The van der Waals surface area contributed by atoms with Crippen molar-refractivity contribution in [2.24, 2.45) is 0 Å². The summed E-state index contributed by atoms with van der Waals surface area (Å²) in [4.78, 5) is 9.48. The first-order chi connectivity index (χ1) is 29.8. The fraction of sp³-hybridized carbons (Fsp3) is 0. The number of hydrogen-bond acceptors (Lipinski definition) is 2. The molecule has 0 spiro atoms. The fourth-order valence-corrected chi connectivity index (χ4v) is 9.56. The third-order valence-electron chi connectivity index (χ3n) is 12.2. The molecule has 12 rings (SSSR count). The molecule has 278 valence electrons. The van der Waals surface area contributed by atoms with Crippen LogP contribution in [0.2, 0.25) is 0 Å². The first-order valence-electron chi connectivity index (χ1n) is 20.6. The van der Waals surface area contributed by atoms with Crippen LogP contribution in [0.4, 0.5) is 0 Å². The number of pyridine rings is 2. The smallest absolute Gasteiger partial charge is 0.0893 e. The summed E-state index contributed by atoms with van der Waals surface area (Å²) in [5, 5.41) is 7.58. The van der Waals surface area contributed by atoms with Gasteiger partial charge in [-0.15, -0.1) is 0 Å². The highest BCUT2D eigenvalue weighted by molar-refractivity contribution is 6.28. The van der Waals surface area contributed by atoms with E-state index < -0.39 is 0 Å². The molecule has 2 heterocycles. The highest BCUT2D eigenvalue weighted by Gasteiger charge is 2.31. The van der Waals surface area contributed by atoms with Gasteiger partial charge in [-0.3, -0.25) is 4.98 Å². The average Bonchev–Trinajstić information content (AvgIpc) is 3.66. The van der Waals surface area contributed by atoms with Crippen LogP contribution in [0.5, 0.6) is 0 Å². The Hall–Kier alpha value is -7.94. The minimum Gasteiger partial charge on any atom is -0.255 e. The molecule has 0 N–H and O–H groups in total. The van der Waals surface area contributed by atoms with Crippen LogP contribution in [0.15, 0.2) is 219 Å². The maximum Gasteiger partial charge on any atom is 0.0893 e. The van der Waals surface area contributed by atoms with E-state index in [0.29, 0.717) is 0 Å². The molecule has 9 aromatic carbocycles. The Morgan fingerprint density at radius 3 is 1.50 bits per heavy atom. The molecule has 2 heteroatoms. The Kier molecular flexibility index (Phi) is 7.89. The van der Waals surface area contributed by atoms with E-state index >= 15 is 0 Å². The zero-order chi connectivity index (χ0) is 39.6. The van der Waals surface area contributed by atoms with Crippen molar-refractivity contribution in [2.45, 2.75) is 0 Å². The third-order valence-corrected chi connectivity index (χ3v) is 12.2. The van der Waals surface area contributed by atoms with E-state index in [1.54, 1.807) is 0 Å². The van der Waals surface area contributed by atoms with E-state index in [0.717, 1.165) is 28.2 Å². The topological polar surface area (TPSA) is 25.8 Å². The molecular formula is C58H36N2. The van der Waals surface area contributed by atoms with Crippen molar-refractivity contribution in [2.75, 3.05) is 0 Å². The Morgan fingerprint density at radius 1 is 0.267 bits per heavy atom. The van der Waals surface area contributed by atoms with Gasteiger partial charge in [-0.2, -0.15) is 0 Å². The molecule has 1 aliphatic rings. The predicted octanol–water partition coefficient (Wildman–Crippen LogP) is 15.6. The molecule has 0 saturated carbocycles. The monoisotopic (exact) mass is 760 g/mol. The van der Waals surface area contributed by atoms with Crippen molar-refractivity contribution in [3.05, 3.63) is 219 Å². The summed E-state index contributed by atoms with van der Waals surface area (Å²) >= 11 is 0. The summed E-state index contributed by atoms with van der Waals surface area (Å²) in [6.07, 6.45) is 1.81. The van der Waals surface area contributed by atoms with E-state index in [1.807, 2.05) is 30.5 Å². The van der Waals surface area contributed by atoms with Crippen molar-refractivity contribution >= 4 is 32.3 Å². The highest BCUT2D eigenvalue weighted by Crippen LogP contribution is 2.58. The van der Waals surface area contributed by atoms with Gasteiger partial charge in [-0.1, -0.05) is 170 Å². The van der Waals surface area contributed by atoms with E-state index in [2.05, 4.69) is 193 Å². The Labute approximate surface area is 348 Å². The van der Waals surface area contributed by atoms with Crippen LogP contribution in [0.1, 0.15) is 0 Å². The maximum absolute atomic E-state index is 4.97. The van der Waals surface area contributed by atoms with Crippen LogP contribution in [0.25, 0.3) is 122 Å². The second-order valence-corrected chi connectivity index (χ2v) is 15.6. The molecule has 2 nitrogen and oxygen atoms in total. The van der Waals surface area contributed by atoms with Crippen molar-refractivity contribution in [3.8, 4) is 89.4 Å². The van der Waals surface area contributed by atoms with Crippen molar-refractivity contribution in [1.29, 1.82) is 0 Å². The van der Waals surface area contributed by atoms with Crippen LogP contribution in [0, 0.1) is 0 Å². The Bertz CT molecular complexity index is 3370. The molecule has 0 unspecified atom stereocenters. The van der Waals surface area contributed by atoms with Crippen molar-refractivity contribution < 1.29 is 0 Å². The van der Waals surface area contributed by atoms with Gasteiger partial charge in [0.2, 0.25) is 0 Å². The summed E-state index contributed by atoms with van der Waals surface area (Å²) in [5.41, 5.74) is 18.9. The molecule has 0 amide bonds. The molecular weight excluding hydrogens is 725 g/mol. The van der Waals surface area contributed by atoms with Gasteiger partial charge in [0.25, 0.3) is 0 Å². The van der Waals surface area contributed by atoms with E-state index in [-0.39, 0.29) is 0 Å². The van der Waals surface area contributed by atoms with Gasteiger partial charge in [0.1, 0.15) is 0 Å². The zero-order valence-corrected chi connectivity index (χ0v) is 32.7. The molecule has 0 fully saturated rings. The number of nitrogens with zero attached hydrogens (tertiary/aromatic N) is 2. The number of aromatic nitrogens is 2.